The number of rotatable bonds is 5. The second-order valence-corrected chi connectivity index (χ2v) is 7.32. The van der Waals surface area contributed by atoms with Crippen molar-refractivity contribution >= 4 is 6.09 Å². The van der Waals surface area contributed by atoms with Crippen LogP contribution in [0.15, 0.2) is 15.3 Å². The summed E-state index contributed by atoms with van der Waals surface area (Å²) in [4.78, 5) is 19.6. The highest BCUT2D eigenvalue weighted by Gasteiger charge is 2.54. The van der Waals surface area contributed by atoms with Crippen LogP contribution in [0.4, 0.5) is 4.79 Å². The number of nitrogens with zero attached hydrogens (tertiary/aromatic N) is 9. The Kier molecular flexibility index (Phi) is 6.90. The van der Waals surface area contributed by atoms with Crippen molar-refractivity contribution in [3.05, 3.63) is 31.3 Å². The molecule has 0 bridgehead atoms. The molecule has 0 aromatic heterocycles. The van der Waals surface area contributed by atoms with E-state index in [1.54, 1.807) is 6.92 Å². The van der Waals surface area contributed by atoms with Crippen LogP contribution < -0.4 is 5.32 Å². The summed E-state index contributed by atoms with van der Waals surface area (Å²) in [5, 5.41) is 44.3. The normalized spacial score (nSPS) is 44.3. The van der Waals surface area contributed by atoms with Crippen molar-refractivity contribution in [1.82, 2.24) is 5.32 Å². The third-order valence-corrected chi connectivity index (χ3v) is 5.48. The third-order valence-electron chi connectivity index (χ3n) is 5.48. The van der Waals surface area contributed by atoms with Crippen LogP contribution in [0.1, 0.15) is 13.3 Å². The predicted molar refractivity (Wildman–Crippen MR) is 97.8 cm³/mol. The van der Waals surface area contributed by atoms with E-state index in [2.05, 4.69) is 35.4 Å². The van der Waals surface area contributed by atoms with E-state index in [0.717, 1.165) is 0 Å². The number of azide groups is 3. The van der Waals surface area contributed by atoms with Crippen LogP contribution >= 0.6 is 0 Å². The van der Waals surface area contributed by atoms with Gasteiger partial charge in [-0.05, 0) is 29.9 Å². The number of amides is 1. The topological polar surface area (TPSA) is 264 Å². The largest absolute Gasteiger partial charge is 0.441 e. The van der Waals surface area contributed by atoms with Crippen molar-refractivity contribution in [2.45, 2.75) is 80.4 Å². The lowest BCUT2D eigenvalue weighted by atomic mass is 9.84. The number of hydrogen-bond donors (Lipinski definition) is 4. The Balaban J connectivity index is 1.88. The molecular weight excluding hydrogens is 420 g/mol. The van der Waals surface area contributed by atoms with Gasteiger partial charge in [-0.2, -0.15) is 0 Å². The molecule has 168 valence electrons. The van der Waals surface area contributed by atoms with E-state index in [1.165, 1.54) is 0 Å². The molecule has 3 rings (SSSR count). The van der Waals surface area contributed by atoms with Crippen LogP contribution in [-0.4, -0.2) is 88.5 Å². The molecule has 1 amide bonds. The molecule has 2 aliphatic heterocycles. The van der Waals surface area contributed by atoms with Gasteiger partial charge in [0.1, 0.15) is 24.4 Å². The molecule has 3 fully saturated rings. The van der Waals surface area contributed by atoms with Gasteiger partial charge in [-0.15, -0.1) is 0 Å². The molecule has 2 saturated heterocycles. The Bertz CT molecular complexity index is 841. The molecular formula is C14H20N10O7. The predicted octanol–water partition coefficient (Wildman–Crippen LogP) is 0.116. The molecule has 3 aliphatic rings. The summed E-state index contributed by atoms with van der Waals surface area (Å²) in [6.45, 7) is 1.60. The minimum Gasteiger partial charge on any atom is -0.441 e. The summed E-state index contributed by atoms with van der Waals surface area (Å²) in [6, 6.07) is -4.16. The van der Waals surface area contributed by atoms with E-state index in [-0.39, 0.29) is 6.42 Å². The first kappa shape index (κ1) is 22.7. The van der Waals surface area contributed by atoms with Crippen molar-refractivity contribution in [2.24, 2.45) is 15.3 Å². The highest BCUT2D eigenvalue weighted by Crippen LogP contribution is 2.34. The average Bonchev–Trinajstić information content (AvgIpc) is 2.72. The van der Waals surface area contributed by atoms with E-state index in [0.29, 0.717) is 0 Å². The highest BCUT2D eigenvalue weighted by atomic mass is 16.7. The third kappa shape index (κ3) is 4.39. The Labute approximate surface area is 173 Å². The number of fused-ring (bicyclic) bond motifs is 1. The zero-order valence-electron chi connectivity index (χ0n) is 16.1. The fourth-order valence-corrected chi connectivity index (χ4v) is 3.98. The molecule has 0 spiro atoms. The SMILES string of the molecule is CC1NC(=O)O[C@H]2C(O)C(N=[N+]=[N-])[C@@H](O[C@@H]3C(N=[N+]=[N-])C[C@@H](N=[N+]=[N-])C(O)C3O)OC12. The molecule has 31 heavy (non-hydrogen) atoms. The van der Waals surface area contributed by atoms with Crippen LogP contribution in [0.2, 0.25) is 0 Å². The second kappa shape index (κ2) is 9.43. The lowest BCUT2D eigenvalue weighted by Gasteiger charge is -2.48. The maximum Gasteiger partial charge on any atom is 0.407 e. The standard InChI is InChI=1S/C14H20N10O7/c1-3-10-12(31-14(28)18-3)8(26)6(21-24-17)13(29-10)30-11-5(20-23-16)2-4(19-22-15)7(25)9(11)27/h3-13,25-27H,2H2,1H3,(H,18,28)/t3?,4-,5?,6?,7?,8?,9?,10?,11-,12+,13-/m1/s1. The lowest BCUT2D eigenvalue weighted by Crippen LogP contribution is -2.68. The molecule has 1 saturated carbocycles. The molecule has 17 nitrogen and oxygen atoms in total. The van der Waals surface area contributed by atoms with Gasteiger partial charge in [0.15, 0.2) is 12.4 Å². The van der Waals surface area contributed by atoms with E-state index in [9.17, 15) is 20.1 Å². The minimum absolute atomic E-state index is 0.139. The van der Waals surface area contributed by atoms with Crippen molar-refractivity contribution in [3.8, 4) is 0 Å². The summed E-state index contributed by atoms with van der Waals surface area (Å²) in [7, 11) is 0. The van der Waals surface area contributed by atoms with Crippen LogP contribution in [0.3, 0.4) is 0 Å². The molecule has 11 atom stereocenters. The number of carbonyl (C=O) groups is 1. The van der Waals surface area contributed by atoms with Gasteiger partial charge in [-0.1, -0.05) is 15.3 Å². The summed E-state index contributed by atoms with van der Waals surface area (Å²) in [6.07, 6.45) is -10.5. The number of nitrogens with one attached hydrogen (secondary N) is 1. The molecule has 17 heteroatoms. The Morgan fingerprint density at radius 1 is 1.00 bits per heavy atom. The highest BCUT2D eigenvalue weighted by molar-refractivity contribution is 5.69. The number of alkyl carbamates (subject to hydrolysis) is 1. The van der Waals surface area contributed by atoms with Crippen LogP contribution in [-0.2, 0) is 14.2 Å². The summed E-state index contributed by atoms with van der Waals surface area (Å²) >= 11 is 0. The van der Waals surface area contributed by atoms with Crippen molar-refractivity contribution in [2.75, 3.05) is 0 Å². The first-order valence-electron chi connectivity index (χ1n) is 9.27. The van der Waals surface area contributed by atoms with Gasteiger partial charge in [0.05, 0.1) is 30.3 Å². The number of hydrogen-bond acceptors (Lipinski definition) is 10. The molecule has 2 heterocycles. The lowest BCUT2D eigenvalue weighted by molar-refractivity contribution is -0.296. The quantitative estimate of drug-likeness (QED) is 0.260. The Morgan fingerprint density at radius 2 is 1.65 bits per heavy atom. The van der Waals surface area contributed by atoms with Gasteiger partial charge in [-0.3, -0.25) is 0 Å². The zero-order chi connectivity index (χ0) is 22.7. The van der Waals surface area contributed by atoms with Crippen LogP contribution in [0, 0.1) is 0 Å². The number of carbonyl (C=O) groups excluding carboxylic acids is 1. The van der Waals surface area contributed by atoms with E-state index in [1.807, 2.05) is 0 Å². The maximum absolute atomic E-state index is 11.6. The number of ether oxygens (including phenoxy) is 3. The Hall–Kier alpha value is -3.00. The molecule has 4 N–H and O–H groups in total. The van der Waals surface area contributed by atoms with Crippen molar-refractivity contribution in [1.29, 1.82) is 0 Å². The molecule has 0 aromatic rings. The number of aliphatic hydroxyl groups excluding tert-OH is 3. The summed E-state index contributed by atoms with van der Waals surface area (Å²) in [5.41, 5.74) is 26.4. The summed E-state index contributed by atoms with van der Waals surface area (Å²) < 4.78 is 16.6. The van der Waals surface area contributed by atoms with E-state index >= 15 is 0 Å². The monoisotopic (exact) mass is 440 g/mol. The molecule has 0 radical (unpaired) electrons. The smallest absolute Gasteiger partial charge is 0.407 e. The fourth-order valence-electron chi connectivity index (χ4n) is 3.98. The van der Waals surface area contributed by atoms with Crippen LogP contribution in [0.5, 0.6) is 0 Å². The van der Waals surface area contributed by atoms with Gasteiger partial charge < -0.3 is 34.8 Å². The van der Waals surface area contributed by atoms with Gasteiger partial charge in [0, 0.05) is 14.7 Å². The van der Waals surface area contributed by atoms with Gasteiger partial charge in [0.2, 0.25) is 0 Å². The minimum atomic E-state index is -1.66. The first-order valence-corrected chi connectivity index (χ1v) is 9.27. The molecule has 0 aromatic carbocycles. The van der Waals surface area contributed by atoms with Gasteiger partial charge >= 0.3 is 6.09 Å². The van der Waals surface area contributed by atoms with Crippen LogP contribution in [0.25, 0.3) is 31.3 Å². The van der Waals surface area contributed by atoms with Gasteiger partial charge in [-0.25, -0.2) is 4.79 Å². The average molecular weight is 440 g/mol. The fraction of sp³-hybridized carbons (Fsp3) is 0.929. The first-order chi connectivity index (χ1) is 14.8. The van der Waals surface area contributed by atoms with E-state index < -0.39 is 73.2 Å². The van der Waals surface area contributed by atoms with E-state index in [4.69, 9.17) is 30.8 Å². The molecule has 7 unspecified atom stereocenters. The Morgan fingerprint density at radius 3 is 2.29 bits per heavy atom. The zero-order valence-corrected chi connectivity index (χ0v) is 16.1. The number of aliphatic hydroxyl groups is 3. The summed E-state index contributed by atoms with van der Waals surface area (Å²) in [5.74, 6) is 0. The van der Waals surface area contributed by atoms with Crippen molar-refractivity contribution < 1.29 is 34.3 Å². The molecule has 1 aliphatic carbocycles. The van der Waals surface area contributed by atoms with Crippen molar-refractivity contribution in [3.63, 3.8) is 0 Å². The second-order valence-electron chi connectivity index (χ2n) is 7.32. The maximum atomic E-state index is 11.6. The van der Waals surface area contributed by atoms with Gasteiger partial charge in [0.25, 0.3) is 0 Å².